The molecule has 7 atom stereocenters. The fourth-order valence-electron chi connectivity index (χ4n) is 6.35. The van der Waals surface area contributed by atoms with Gasteiger partial charge in [-0.3, -0.25) is 19.3 Å². The van der Waals surface area contributed by atoms with Crippen LogP contribution < -0.4 is 5.32 Å². The highest BCUT2D eigenvalue weighted by atomic mass is 79.9. The van der Waals surface area contributed by atoms with Crippen LogP contribution >= 0.6 is 27.7 Å². The number of nitrogens with zero attached hydrogens (tertiary/aromatic N) is 2. The summed E-state index contributed by atoms with van der Waals surface area (Å²) in [5.74, 6) is -1.76. The van der Waals surface area contributed by atoms with Gasteiger partial charge in [-0.1, -0.05) is 29.8 Å². The van der Waals surface area contributed by atoms with Gasteiger partial charge >= 0.3 is 5.97 Å². The van der Waals surface area contributed by atoms with Crippen LogP contribution in [-0.4, -0.2) is 112 Å². The zero-order valence-electron chi connectivity index (χ0n) is 20.8. The number of rotatable bonds is 10. The van der Waals surface area contributed by atoms with E-state index in [0.29, 0.717) is 39.1 Å². The predicted octanol–water partition coefficient (Wildman–Crippen LogP) is 0.870. The van der Waals surface area contributed by atoms with E-state index in [1.807, 2.05) is 13.8 Å². The number of thioether (sulfide) groups is 1. The van der Waals surface area contributed by atoms with Crippen molar-refractivity contribution in [3.63, 3.8) is 0 Å². The van der Waals surface area contributed by atoms with Crippen LogP contribution in [0.2, 0.25) is 0 Å². The van der Waals surface area contributed by atoms with E-state index < -0.39 is 28.7 Å². The Bertz CT molecular complexity index is 812. The first-order chi connectivity index (χ1) is 16.7. The van der Waals surface area contributed by atoms with E-state index in [-0.39, 0.29) is 47.0 Å². The number of carbonyl (C=O) groups is 3. The first-order valence-corrected chi connectivity index (χ1v) is 14.5. The molecule has 198 valence electrons. The average molecular weight is 577 g/mol. The first-order valence-electron chi connectivity index (χ1n) is 12.7. The Balaban J connectivity index is 1.62. The van der Waals surface area contributed by atoms with Crippen molar-refractivity contribution in [2.45, 2.75) is 60.5 Å². The summed E-state index contributed by atoms with van der Waals surface area (Å²) in [5.41, 5.74) is 0. The molecule has 2 amide bonds. The van der Waals surface area contributed by atoms with E-state index in [4.69, 9.17) is 9.47 Å². The molecule has 0 aromatic carbocycles. The summed E-state index contributed by atoms with van der Waals surface area (Å²) in [6, 6.07) is -1.22. The molecule has 0 aliphatic carbocycles. The Morgan fingerprint density at radius 3 is 2.69 bits per heavy atom. The summed E-state index contributed by atoms with van der Waals surface area (Å²) >= 11 is 5.34. The van der Waals surface area contributed by atoms with Crippen molar-refractivity contribution in [3.8, 4) is 0 Å². The number of morpholine rings is 1. The van der Waals surface area contributed by atoms with Gasteiger partial charge in [0.25, 0.3) is 0 Å². The molecule has 0 saturated carbocycles. The fourth-order valence-corrected chi connectivity index (χ4v) is 9.93. The molecule has 1 spiro atoms. The molecule has 2 bridgehead atoms. The maximum absolute atomic E-state index is 14.0. The zero-order chi connectivity index (χ0) is 25.3. The number of halogens is 1. The van der Waals surface area contributed by atoms with Gasteiger partial charge in [-0.15, -0.1) is 11.8 Å². The van der Waals surface area contributed by atoms with Crippen LogP contribution in [0, 0.1) is 17.8 Å². The average Bonchev–Trinajstić information content (AvgIpc) is 3.41. The van der Waals surface area contributed by atoms with E-state index in [2.05, 4.69) is 26.1 Å². The van der Waals surface area contributed by atoms with Crippen LogP contribution in [0.1, 0.15) is 33.6 Å². The zero-order valence-corrected chi connectivity index (χ0v) is 23.2. The molecule has 0 aromatic rings. The third-order valence-corrected chi connectivity index (χ3v) is 10.9. The van der Waals surface area contributed by atoms with E-state index in [1.54, 1.807) is 23.6 Å². The third-order valence-electron chi connectivity index (χ3n) is 7.71. The Labute approximate surface area is 220 Å². The topological polar surface area (TPSA) is 108 Å². The second-order valence-electron chi connectivity index (χ2n) is 10.4. The smallest absolute Gasteiger partial charge is 0.310 e. The van der Waals surface area contributed by atoms with Gasteiger partial charge in [0.1, 0.15) is 6.04 Å². The Morgan fingerprint density at radius 1 is 1.34 bits per heavy atom. The van der Waals surface area contributed by atoms with Crippen molar-refractivity contribution in [2.24, 2.45) is 17.8 Å². The number of esters is 1. The van der Waals surface area contributed by atoms with Gasteiger partial charge in [0.15, 0.2) is 0 Å². The Kier molecular flexibility index (Phi) is 8.73. The molecule has 4 aliphatic heterocycles. The largest absolute Gasteiger partial charge is 0.466 e. The molecule has 4 rings (SSSR count). The Morgan fingerprint density at radius 2 is 2.06 bits per heavy atom. The van der Waals surface area contributed by atoms with E-state index >= 15 is 0 Å². The van der Waals surface area contributed by atoms with Crippen molar-refractivity contribution in [3.05, 3.63) is 0 Å². The third kappa shape index (κ3) is 5.00. The lowest BCUT2D eigenvalue weighted by Gasteiger charge is -2.38. The molecular formula is C24H38BrN3O6S. The Hall–Kier alpha value is -0.880. The monoisotopic (exact) mass is 575 g/mol. The quantitative estimate of drug-likeness (QED) is 0.292. The van der Waals surface area contributed by atoms with E-state index in [1.165, 1.54) is 0 Å². The van der Waals surface area contributed by atoms with Gasteiger partial charge in [0.05, 0.1) is 49.1 Å². The maximum atomic E-state index is 14.0. The molecular weight excluding hydrogens is 538 g/mol. The minimum absolute atomic E-state index is 0.00670. The van der Waals surface area contributed by atoms with Crippen molar-refractivity contribution in [1.82, 2.24) is 15.1 Å². The number of fused-ring (bicyclic) bond motifs is 1. The molecule has 4 fully saturated rings. The molecule has 0 radical (unpaired) electrons. The lowest BCUT2D eigenvalue weighted by Crippen LogP contribution is -2.57. The summed E-state index contributed by atoms with van der Waals surface area (Å²) in [7, 11) is 0. The number of aliphatic hydroxyl groups excluding tert-OH is 1. The number of amides is 2. The summed E-state index contributed by atoms with van der Waals surface area (Å²) in [5, 5.41) is 13.3. The van der Waals surface area contributed by atoms with E-state index in [9.17, 15) is 19.5 Å². The van der Waals surface area contributed by atoms with Crippen LogP contribution in [0.15, 0.2) is 0 Å². The standard InChI is InChI=1S/C24H38BrN3O6S/c1-4-34-23(32)17-18-22(31)28(15(13-29)11-14(2)3)20(24(18)12-16(25)19(17)35-24)21(30)26-5-6-27-7-9-33-10-8-27/h14-20,29H,4-13H2,1-3H3,(H,26,30)/t15-,16?,17-,18+,19-,20?,24?/m1/s1. The van der Waals surface area contributed by atoms with Crippen molar-refractivity contribution in [2.75, 3.05) is 52.6 Å². The predicted molar refractivity (Wildman–Crippen MR) is 136 cm³/mol. The number of alkyl halides is 1. The number of hydrogen-bond acceptors (Lipinski definition) is 8. The van der Waals surface area contributed by atoms with E-state index in [0.717, 1.165) is 13.1 Å². The summed E-state index contributed by atoms with van der Waals surface area (Å²) in [6.45, 7) is 10.1. The lowest BCUT2D eigenvalue weighted by molar-refractivity contribution is -0.154. The summed E-state index contributed by atoms with van der Waals surface area (Å²) < 4.78 is 10.1. The van der Waals surface area contributed by atoms with Gasteiger partial charge in [-0.2, -0.15) is 0 Å². The molecule has 4 heterocycles. The van der Waals surface area contributed by atoms with Gasteiger partial charge in [0, 0.05) is 36.3 Å². The molecule has 0 aromatic heterocycles. The molecule has 9 nitrogen and oxygen atoms in total. The number of carbonyl (C=O) groups excluding carboxylic acids is 3. The van der Waals surface area contributed by atoms with Gasteiger partial charge in [0.2, 0.25) is 11.8 Å². The number of likely N-dealkylation sites (tertiary alicyclic amines) is 1. The highest BCUT2D eigenvalue weighted by molar-refractivity contribution is 9.09. The van der Waals surface area contributed by atoms with Crippen LogP contribution in [0.3, 0.4) is 0 Å². The van der Waals surface area contributed by atoms with Crippen LogP contribution in [0.4, 0.5) is 0 Å². The van der Waals surface area contributed by atoms with Gasteiger partial charge < -0.3 is 24.8 Å². The number of ether oxygens (including phenoxy) is 2. The van der Waals surface area contributed by atoms with Crippen LogP contribution in [0.25, 0.3) is 0 Å². The highest BCUT2D eigenvalue weighted by Gasteiger charge is 2.76. The van der Waals surface area contributed by atoms with Crippen molar-refractivity contribution >= 4 is 45.5 Å². The fraction of sp³-hybridized carbons (Fsp3) is 0.875. The lowest BCUT2D eigenvalue weighted by atomic mass is 9.71. The molecule has 11 heteroatoms. The summed E-state index contributed by atoms with van der Waals surface area (Å²) in [4.78, 5) is 44.7. The minimum atomic E-state index is -0.741. The summed E-state index contributed by atoms with van der Waals surface area (Å²) in [6.07, 6.45) is 1.20. The normalized spacial score (nSPS) is 35.4. The van der Waals surface area contributed by atoms with Crippen molar-refractivity contribution in [1.29, 1.82) is 0 Å². The molecule has 3 unspecified atom stereocenters. The van der Waals surface area contributed by atoms with Gasteiger partial charge in [-0.05, 0) is 25.7 Å². The molecule has 4 aliphatic rings. The molecule has 4 saturated heterocycles. The minimum Gasteiger partial charge on any atom is -0.466 e. The second-order valence-corrected chi connectivity index (χ2v) is 13.1. The van der Waals surface area contributed by atoms with Crippen LogP contribution in [0.5, 0.6) is 0 Å². The highest BCUT2D eigenvalue weighted by Crippen LogP contribution is 2.68. The number of nitrogens with one attached hydrogen (secondary N) is 1. The van der Waals surface area contributed by atoms with Gasteiger partial charge in [-0.25, -0.2) is 0 Å². The first kappa shape index (κ1) is 27.2. The number of aliphatic hydroxyl groups is 1. The second kappa shape index (κ2) is 11.2. The van der Waals surface area contributed by atoms with Crippen molar-refractivity contribution < 1.29 is 29.0 Å². The van der Waals surface area contributed by atoms with Crippen LogP contribution in [-0.2, 0) is 23.9 Å². The maximum Gasteiger partial charge on any atom is 0.310 e. The molecule has 35 heavy (non-hydrogen) atoms. The SMILES string of the molecule is CCOC(=O)[C@H]1[C@@H]2SC3(CC2Br)C(C(=O)NCCN2CCOCC2)N([C@@H](CO)CC(C)C)C(=O)[C@H]13. The number of hydrogen-bond donors (Lipinski definition) is 2. The molecule has 2 N–H and O–H groups in total.